The maximum absolute atomic E-state index is 12.2. The van der Waals surface area contributed by atoms with Gasteiger partial charge in [-0.05, 0) is 29.8 Å². The van der Waals surface area contributed by atoms with Crippen molar-refractivity contribution in [3.05, 3.63) is 70.5 Å². The van der Waals surface area contributed by atoms with E-state index in [1.54, 1.807) is 36.5 Å². The van der Waals surface area contributed by atoms with E-state index in [0.29, 0.717) is 28.2 Å². The first-order valence-corrected chi connectivity index (χ1v) is 8.66. The lowest BCUT2D eigenvalue weighted by atomic mass is 10.1. The highest BCUT2D eigenvalue weighted by Crippen LogP contribution is 2.28. The Balaban J connectivity index is 1.74. The highest BCUT2D eigenvalue weighted by atomic mass is 35.5. The molecule has 3 N–H and O–H groups in total. The van der Waals surface area contributed by atoms with Crippen LogP contribution in [-0.2, 0) is 17.8 Å². The first-order valence-electron chi connectivity index (χ1n) is 8.28. The highest BCUT2D eigenvalue weighted by Gasteiger charge is 2.12. The molecular weight excluding hydrogens is 364 g/mol. The van der Waals surface area contributed by atoms with Gasteiger partial charge in [-0.1, -0.05) is 41.6 Å². The van der Waals surface area contributed by atoms with Gasteiger partial charge in [0.05, 0.1) is 12.1 Å². The van der Waals surface area contributed by atoms with Crippen LogP contribution in [0.25, 0.3) is 10.8 Å². The molecule has 0 fully saturated rings. The molecule has 0 aliphatic heterocycles. The molecule has 3 aromatic rings. The fourth-order valence-electron chi connectivity index (χ4n) is 2.60. The summed E-state index contributed by atoms with van der Waals surface area (Å²) in [4.78, 5) is 16.4. The van der Waals surface area contributed by atoms with Crippen LogP contribution in [-0.4, -0.2) is 27.7 Å². The number of aromatic nitrogens is 1. The van der Waals surface area contributed by atoms with E-state index < -0.39 is 0 Å². The molecule has 0 aliphatic rings. The Morgan fingerprint density at radius 1 is 1.19 bits per heavy atom. The number of carbonyl (C=O) groups is 1. The van der Waals surface area contributed by atoms with Crippen molar-refractivity contribution in [2.45, 2.75) is 13.0 Å². The van der Waals surface area contributed by atoms with E-state index in [9.17, 15) is 9.90 Å². The maximum atomic E-state index is 12.2. The number of pyridine rings is 1. The molecule has 6 heteroatoms. The number of fused-ring (bicyclic) bond motifs is 1. The summed E-state index contributed by atoms with van der Waals surface area (Å²) in [6.07, 6.45) is 1.57. The zero-order valence-corrected chi connectivity index (χ0v) is 15.1. The van der Waals surface area contributed by atoms with Crippen LogP contribution >= 0.6 is 11.6 Å². The summed E-state index contributed by atoms with van der Waals surface area (Å²) in [5.74, 6) is 5.08. The number of nitrogens with one attached hydrogen (secondary N) is 1. The lowest BCUT2D eigenvalue weighted by molar-refractivity contribution is -0.120. The molecule has 0 saturated heterocycles. The number of aromatic hydroxyl groups is 1. The van der Waals surface area contributed by atoms with Crippen molar-refractivity contribution in [2.75, 3.05) is 6.61 Å². The van der Waals surface area contributed by atoms with Gasteiger partial charge in [0.15, 0.2) is 0 Å². The first kappa shape index (κ1) is 18.7. The normalized spacial score (nSPS) is 10.3. The van der Waals surface area contributed by atoms with Gasteiger partial charge in [-0.15, -0.1) is 0 Å². The maximum Gasteiger partial charge on any atom is 0.226 e. The third kappa shape index (κ3) is 4.76. The zero-order chi connectivity index (χ0) is 19.2. The van der Waals surface area contributed by atoms with Gasteiger partial charge in [0, 0.05) is 34.1 Å². The Morgan fingerprint density at radius 2 is 1.96 bits per heavy atom. The van der Waals surface area contributed by atoms with Crippen LogP contribution in [0.2, 0.25) is 5.02 Å². The molecule has 5 nitrogen and oxygen atoms in total. The average Bonchev–Trinajstić information content (AvgIpc) is 2.68. The predicted molar refractivity (Wildman–Crippen MR) is 104 cm³/mol. The summed E-state index contributed by atoms with van der Waals surface area (Å²) in [7, 11) is 0. The van der Waals surface area contributed by atoms with E-state index in [2.05, 4.69) is 22.1 Å². The van der Waals surface area contributed by atoms with Crippen molar-refractivity contribution in [2.24, 2.45) is 0 Å². The fourth-order valence-corrected chi connectivity index (χ4v) is 2.73. The molecule has 0 aliphatic carbocycles. The Labute approximate surface area is 161 Å². The van der Waals surface area contributed by atoms with Crippen molar-refractivity contribution < 1.29 is 15.0 Å². The minimum Gasteiger partial charge on any atom is -0.505 e. The third-order valence-corrected chi connectivity index (χ3v) is 4.24. The van der Waals surface area contributed by atoms with Gasteiger partial charge in [-0.3, -0.25) is 9.78 Å². The summed E-state index contributed by atoms with van der Waals surface area (Å²) in [6, 6.07) is 12.5. The van der Waals surface area contributed by atoms with Gasteiger partial charge >= 0.3 is 0 Å². The minimum atomic E-state index is -0.247. The Morgan fingerprint density at radius 3 is 2.70 bits per heavy atom. The van der Waals surface area contributed by atoms with Crippen LogP contribution < -0.4 is 5.32 Å². The van der Waals surface area contributed by atoms with Crippen molar-refractivity contribution in [3.63, 3.8) is 0 Å². The molecule has 2 aromatic carbocycles. The summed E-state index contributed by atoms with van der Waals surface area (Å²) in [5, 5.41) is 24.1. The number of hydrogen-bond acceptors (Lipinski definition) is 4. The molecule has 0 radical (unpaired) electrons. The SMILES string of the molecule is O=C(Cc1ncc2ccc(C#CCO)cc2c1O)NCc1ccc(Cl)cc1. The molecule has 0 unspecified atom stereocenters. The van der Waals surface area contributed by atoms with Gasteiger partial charge in [0.2, 0.25) is 5.91 Å². The Hall–Kier alpha value is -3.07. The lowest BCUT2D eigenvalue weighted by Crippen LogP contribution is -2.24. The summed E-state index contributed by atoms with van der Waals surface area (Å²) >= 11 is 5.84. The molecule has 136 valence electrons. The van der Waals surface area contributed by atoms with Gasteiger partial charge in [-0.25, -0.2) is 0 Å². The molecule has 0 bridgehead atoms. The minimum absolute atomic E-state index is 0.0398. The molecule has 0 spiro atoms. The number of benzene rings is 2. The largest absolute Gasteiger partial charge is 0.505 e. The predicted octanol–water partition coefficient (Wildman–Crippen LogP) is 2.80. The van der Waals surface area contributed by atoms with Crippen LogP contribution in [0.4, 0.5) is 0 Å². The van der Waals surface area contributed by atoms with Crippen LogP contribution in [0.1, 0.15) is 16.8 Å². The number of rotatable bonds is 4. The van der Waals surface area contributed by atoms with Crippen molar-refractivity contribution in [1.82, 2.24) is 10.3 Å². The average molecular weight is 381 g/mol. The van der Waals surface area contributed by atoms with Crippen LogP contribution in [0, 0.1) is 11.8 Å². The standard InChI is InChI=1S/C21H17ClN2O3/c22-17-7-4-15(5-8-17)12-24-20(26)11-19-21(27)18-10-14(2-1-9-25)3-6-16(18)13-23-19/h3-8,10,13,25,27H,9,11-12H2,(H,24,26). The quantitative estimate of drug-likeness (QED) is 0.608. The molecule has 1 aromatic heterocycles. The summed E-state index contributed by atoms with van der Waals surface area (Å²) in [6.45, 7) is 0.130. The molecular formula is C21H17ClN2O3. The number of halogens is 1. The number of carbonyl (C=O) groups excluding carboxylic acids is 1. The highest BCUT2D eigenvalue weighted by molar-refractivity contribution is 6.30. The Kier molecular flexibility index (Phi) is 5.92. The van der Waals surface area contributed by atoms with Gasteiger partial charge in [0.25, 0.3) is 0 Å². The lowest BCUT2D eigenvalue weighted by Gasteiger charge is -2.09. The van der Waals surface area contributed by atoms with Crippen molar-refractivity contribution in [3.8, 4) is 17.6 Å². The number of amides is 1. The number of nitrogens with zero attached hydrogens (tertiary/aromatic N) is 1. The fraction of sp³-hybridized carbons (Fsp3) is 0.143. The van der Waals surface area contributed by atoms with Gasteiger partial charge < -0.3 is 15.5 Å². The topological polar surface area (TPSA) is 82.5 Å². The van der Waals surface area contributed by atoms with E-state index in [-0.39, 0.29) is 24.7 Å². The van der Waals surface area contributed by atoms with E-state index in [1.165, 1.54) is 0 Å². The van der Waals surface area contributed by atoms with E-state index in [1.807, 2.05) is 12.1 Å². The van der Waals surface area contributed by atoms with Crippen LogP contribution in [0.15, 0.2) is 48.7 Å². The smallest absolute Gasteiger partial charge is 0.226 e. The molecule has 0 saturated carbocycles. The molecule has 0 atom stereocenters. The molecule has 1 amide bonds. The van der Waals surface area contributed by atoms with Crippen LogP contribution in [0.5, 0.6) is 5.75 Å². The van der Waals surface area contributed by atoms with Crippen molar-refractivity contribution >= 4 is 28.3 Å². The molecule has 27 heavy (non-hydrogen) atoms. The number of aliphatic hydroxyl groups is 1. The molecule has 1 heterocycles. The van der Waals surface area contributed by atoms with Gasteiger partial charge in [0.1, 0.15) is 12.4 Å². The third-order valence-electron chi connectivity index (χ3n) is 3.98. The van der Waals surface area contributed by atoms with Gasteiger partial charge in [-0.2, -0.15) is 0 Å². The van der Waals surface area contributed by atoms with E-state index in [4.69, 9.17) is 16.7 Å². The second kappa shape index (κ2) is 8.54. The van der Waals surface area contributed by atoms with Crippen LogP contribution in [0.3, 0.4) is 0 Å². The Bertz CT molecular complexity index is 1040. The van der Waals surface area contributed by atoms with E-state index >= 15 is 0 Å². The second-order valence-corrected chi connectivity index (χ2v) is 6.33. The number of hydrogen-bond donors (Lipinski definition) is 3. The second-order valence-electron chi connectivity index (χ2n) is 5.90. The zero-order valence-electron chi connectivity index (χ0n) is 14.4. The molecule has 3 rings (SSSR count). The number of aliphatic hydroxyl groups excluding tert-OH is 1. The summed E-state index contributed by atoms with van der Waals surface area (Å²) < 4.78 is 0. The van der Waals surface area contributed by atoms with E-state index in [0.717, 1.165) is 10.9 Å². The first-order chi connectivity index (χ1) is 13.1. The summed E-state index contributed by atoms with van der Waals surface area (Å²) in [5.41, 5.74) is 1.88. The van der Waals surface area contributed by atoms with Crippen molar-refractivity contribution in [1.29, 1.82) is 0 Å². The monoisotopic (exact) mass is 380 g/mol.